The van der Waals surface area contributed by atoms with Gasteiger partial charge < -0.3 is 15.5 Å². The lowest BCUT2D eigenvalue weighted by Gasteiger charge is -2.22. The maximum absolute atomic E-state index is 12.4. The molecule has 0 aromatic heterocycles. The summed E-state index contributed by atoms with van der Waals surface area (Å²) in [6.07, 6.45) is 76.2. The zero-order chi connectivity index (χ0) is 44.9. The molecule has 0 aliphatic rings. The first-order valence-electron chi connectivity index (χ1n) is 27.1. The normalized spacial score (nSPS) is 13.4. The van der Waals surface area contributed by atoms with Gasteiger partial charge in [-0.3, -0.25) is 4.79 Å². The summed E-state index contributed by atoms with van der Waals surface area (Å²) in [5.41, 5.74) is 0. The van der Waals surface area contributed by atoms with Crippen LogP contribution in [0.25, 0.3) is 0 Å². The topological polar surface area (TPSA) is 69.6 Å². The maximum Gasteiger partial charge on any atom is 0.220 e. The zero-order valence-corrected chi connectivity index (χ0v) is 41.4. The third-order valence-corrected chi connectivity index (χ3v) is 12.2. The summed E-state index contributed by atoms with van der Waals surface area (Å²) in [6.45, 7) is 4.23. The second-order valence-corrected chi connectivity index (χ2v) is 18.3. The van der Waals surface area contributed by atoms with Crippen LogP contribution in [0.2, 0.25) is 0 Å². The van der Waals surface area contributed by atoms with E-state index in [-0.39, 0.29) is 12.5 Å². The fourth-order valence-corrected chi connectivity index (χ4v) is 8.13. The SMILES string of the molecule is CC/C=C\C/C=C\C/C=C\C/C=C\C/C=C\C/C=C\CCCCCCCCCCCCCCCCCCCCCCCCC(=O)NC(CO)C(O)CCCCCCCCCCC. The van der Waals surface area contributed by atoms with Crippen molar-refractivity contribution in [3.05, 3.63) is 72.9 Å². The highest BCUT2D eigenvalue weighted by Gasteiger charge is 2.20. The Hall–Kier alpha value is -2.17. The highest BCUT2D eigenvalue weighted by atomic mass is 16.3. The van der Waals surface area contributed by atoms with E-state index in [1.54, 1.807) is 0 Å². The quantitative estimate of drug-likeness (QED) is 0.0421. The molecular formula is C58H105NO3. The van der Waals surface area contributed by atoms with Crippen molar-refractivity contribution in [1.82, 2.24) is 5.32 Å². The summed E-state index contributed by atoms with van der Waals surface area (Å²) in [5, 5.41) is 23.1. The molecule has 0 saturated carbocycles. The smallest absolute Gasteiger partial charge is 0.220 e. The molecule has 0 rings (SSSR count). The average molecular weight is 864 g/mol. The Kier molecular flexibility index (Phi) is 51.3. The Morgan fingerprint density at radius 2 is 0.710 bits per heavy atom. The van der Waals surface area contributed by atoms with Gasteiger partial charge in [-0.05, 0) is 64.2 Å². The second kappa shape index (κ2) is 53.2. The molecule has 0 heterocycles. The summed E-state index contributed by atoms with van der Waals surface area (Å²) in [7, 11) is 0. The minimum Gasteiger partial charge on any atom is -0.394 e. The Balaban J connectivity index is 3.39. The summed E-state index contributed by atoms with van der Waals surface area (Å²) in [5.74, 6) is -0.0316. The van der Waals surface area contributed by atoms with Crippen molar-refractivity contribution >= 4 is 5.91 Å². The van der Waals surface area contributed by atoms with Gasteiger partial charge in [0.05, 0.1) is 18.8 Å². The molecule has 0 aliphatic carbocycles. The van der Waals surface area contributed by atoms with E-state index in [0.717, 1.165) is 64.2 Å². The molecular weight excluding hydrogens is 759 g/mol. The van der Waals surface area contributed by atoms with Crippen molar-refractivity contribution in [3.63, 3.8) is 0 Å². The molecule has 0 bridgehead atoms. The molecule has 0 fully saturated rings. The van der Waals surface area contributed by atoms with Gasteiger partial charge >= 0.3 is 0 Å². The Morgan fingerprint density at radius 3 is 1.06 bits per heavy atom. The first kappa shape index (κ1) is 59.8. The maximum atomic E-state index is 12.4. The number of hydrogen-bond acceptors (Lipinski definition) is 3. The third-order valence-electron chi connectivity index (χ3n) is 12.2. The van der Waals surface area contributed by atoms with E-state index in [4.69, 9.17) is 0 Å². The minimum atomic E-state index is -0.657. The van der Waals surface area contributed by atoms with E-state index >= 15 is 0 Å². The van der Waals surface area contributed by atoms with Crippen molar-refractivity contribution in [3.8, 4) is 0 Å². The van der Waals surface area contributed by atoms with Crippen LogP contribution in [0, 0.1) is 0 Å². The second-order valence-electron chi connectivity index (χ2n) is 18.3. The lowest BCUT2D eigenvalue weighted by atomic mass is 10.0. The lowest BCUT2D eigenvalue weighted by molar-refractivity contribution is -0.123. The average Bonchev–Trinajstić information content (AvgIpc) is 3.28. The van der Waals surface area contributed by atoms with E-state index in [2.05, 4.69) is 92.1 Å². The van der Waals surface area contributed by atoms with E-state index < -0.39 is 12.1 Å². The number of amides is 1. The number of aliphatic hydroxyl groups is 2. The van der Waals surface area contributed by atoms with Crippen LogP contribution >= 0.6 is 0 Å². The molecule has 62 heavy (non-hydrogen) atoms. The van der Waals surface area contributed by atoms with Gasteiger partial charge in [0.15, 0.2) is 0 Å². The van der Waals surface area contributed by atoms with Crippen molar-refractivity contribution in [2.24, 2.45) is 0 Å². The fraction of sp³-hybridized carbons (Fsp3) is 0.776. The van der Waals surface area contributed by atoms with Gasteiger partial charge in [-0.15, -0.1) is 0 Å². The number of hydrogen-bond donors (Lipinski definition) is 3. The molecule has 3 N–H and O–H groups in total. The Bertz CT molecular complexity index is 1070. The first-order valence-corrected chi connectivity index (χ1v) is 27.1. The number of unbranched alkanes of at least 4 members (excludes halogenated alkanes) is 30. The highest BCUT2D eigenvalue weighted by molar-refractivity contribution is 5.76. The van der Waals surface area contributed by atoms with Gasteiger partial charge in [0, 0.05) is 6.42 Å². The summed E-state index contributed by atoms with van der Waals surface area (Å²) in [4.78, 5) is 12.4. The molecule has 4 heteroatoms. The molecule has 0 spiro atoms. The van der Waals surface area contributed by atoms with Crippen LogP contribution in [-0.4, -0.2) is 34.9 Å². The zero-order valence-electron chi connectivity index (χ0n) is 41.4. The first-order chi connectivity index (χ1) is 30.7. The Labute approximate surface area is 387 Å². The van der Waals surface area contributed by atoms with Crippen LogP contribution in [0.15, 0.2) is 72.9 Å². The molecule has 0 radical (unpaired) electrons. The van der Waals surface area contributed by atoms with Gasteiger partial charge in [0.2, 0.25) is 5.91 Å². The standard InChI is InChI=1S/C58H105NO3/c1-3-5-7-9-11-13-14-15-16-17-18-19-20-21-22-23-24-25-26-27-28-29-30-31-32-33-34-35-36-37-38-39-40-41-42-43-44-46-48-50-52-54-58(62)59-56(55-60)57(61)53-51-49-47-45-12-10-8-6-4-2/h5,7,11,13,15-16,18-19,21-22,24-25,56-57,60-61H,3-4,6,8-10,12,14,17,20,23,26-55H2,1-2H3,(H,59,62)/b7-5-,13-11-,16-15-,19-18-,22-21-,25-24-. The van der Waals surface area contributed by atoms with Crippen molar-refractivity contribution in [2.45, 2.75) is 283 Å². The van der Waals surface area contributed by atoms with Crippen LogP contribution in [0.1, 0.15) is 271 Å². The van der Waals surface area contributed by atoms with E-state index in [1.807, 2.05) is 0 Å². The van der Waals surface area contributed by atoms with Crippen LogP contribution in [0.4, 0.5) is 0 Å². The molecule has 2 atom stereocenters. The van der Waals surface area contributed by atoms with Gasteiger partial charge in [-0.25, -0.2) is 0 Å². The van der Waals surface area contributed by atoms with E-state index in [1.165, 1.54) is 180 Å². The van der Waals surface area contributed by atoms with Gasteiger partial charge in [0.1, 0.15) is 0 Å². The predicted octanol–water partition coefficient (Wildman–Crippen LogP) is 17.8. The highest BCUT2D eigenvalue weighted by Crippen LogP contribution is 2.17. The predicted molar refractivity (Wildman–Crippen MR) is 276 cm³/mol. The number of nitrogens with one attached hydrogen (secondary N) is 1. The molecule has 0 aromatic rings. The van der Waals surface area contributed by atoms with Crippen LogP contribution < -0.4 is 5.32 Å². The van der Waals surface area contributed by atoms with Crippen LogP contribution in [0.3, 0.4) is 0 Å². The number of carbonyl (C=O) groups is 1. The van der Waals surface area contributed by atoms with Crippen molar-refractivity contribution < 1.29 is 15.0 Å². The van der Waals surface area contributed by atoms with Gasteiger partial charge in [-0.1, -0.05) is 273 Å². The molecule has 0 aromatic carbocycles. The summed E-state index contributed by atoms with van der Waals surface area (Å²) in [6, 6.07) is -0.534. The molecule has 1 amide bonds. The Morgan fingerprint density at radius 1 is 0.403 bits per heavy atom. The van der Waals surface area contributed by atoms with Gasteiger partial charge in [-0.2, -0.15) is 0 Å². The van der Waals surface area contributed by atoms with Crippen molar-refractivity contribution in [1.29, 1.82) is 0 Å². The minimum absolute atomic E-state index is 0.0316. The molecule has 360 valence electrons. The van der Waals surface area contributed by atoms with Gasteiger partial charge in [0.25, 0.3) is 0 Å². The van der Waals surface area contributed by atoms with Crippen molar-refractivity contribution in [2.75, 3.05) is 6.61 Å². The summed E-state index contributed by atoms with van der Waals surface area (Å²) >= 11 is 0. The molecule has 0 aliphatic heterocycles. The molecule has 4 nitrogen and oxygen atoms in total. The van der Waals surface area contributed by atoms with E-state index in [9.17, 15) is 15.0 Å². The van der Waals surface area contributed by atoms with Crippen LogP contribution in [0.5, 0.6) is 0 Å². The molecule has 2 unspecified atom stereocenters. The molecule has 0 saturated heterocycles. The lowest BCUT2D eigenvalue weighted by Crippen LogP contribution is -2.45. The van der Waals surface area contributed by atoms with E-state index in [0.29, 0.717) is 12.8 Å². The fourth-order valence-electron chi connectivity index (χ4n) is 8.13. The third kappa shape index (κ3) is 48.9. The number of aliphatic hydroxyl groups excluding tert-OH is 2. The summed E-state index contributed by atoms with van der Waals surface area (Å²) < 4.78 is 0. The number of rotatable bonds is 49. The van der Waals surface area contributed by atoms with Crippen LogP contribution in [-0.2, 0) is 4.79 Å². The number of carbonyl (C=O) groups excluding carboxylic acids is 1. The largest absolute Gasteiger partial charge is 0.394 e. The number of allylic oxidation sites excluding steroid dienone is 12. The monoisotopic (exact) mass is 864 g/mol.